The van der Waals surface area contributed by atoms with Gasteiger partial charge in [0.2, 0.25) is 5.95 Å². The quantitative estimate of drug-likeness (QED) is 0.881. The highest BCUT2D eigenvalue weighted by molar-refractivity contribution is 6.30. The number of rotatable bonds is 5. The summed E-state index contributed by atoms with van der Waals surface area (Å²) in [5.41, 5.74) is 1.18. The number of carbonyl (C=O) groups excluding carboxylic acids is 1. The minimum Gasteiger partial charge on any atom is -0.354 e. The van der Waals surface area contributed by atoms with Crippen LogP contribution in [0, 0.1) is 0 Å². The number of aromatic nitrogens is 2. The molecule has 2 rings (SSSR count). The van der Waals surface area contributed by atoms with Crippen LogP contribution in [0.2, 0.25) is 5.02 Å². The zero-order valence-corrected chi connectivity index (χ0v) is 14.3. The second kappa shape index (κ2) is 7.42. The normalized spacial score (nSPS) is 11.1. The number of hydrogen-bond acceptors (Lipinski definition) is 4. The van der Waals surface area contributed by atoms with Crippen LogP contribution in [0.15, 0.2) is 36.5 Å². The highest BCUT2D eigenvalue weighted by Gasteiger charge is 2.16. The summed E-state index contributed by atoms with van der Waals surface area (Å²) in [6.45, 7) is 6.44. The van der Waals surface area contributed by atoms with Gasteiger partial charge in [-0.2, -0.15) is 0 Å². The Morgan fingerprint density at radius 2 is 2.04 bits per heavy atom. The molecule has 1 heterocycles. The predicted octanol–water partition coefficient (Wildman–Crippen LogP) is 3.31. The minimum atomic E-state index is -0.303. The van der Waals surface area contributed by atoms with Crippen LogP contribution in [-0.2, 0) is 6.42 Å². The van der Waals surface area contributed by atoms with E-state index in [9.17, 15) is 4.79 Å². The Morgan fingerprint density at radius 3 is 2.74 bits per heavy atom. The molecule has 23 heavy (non-hydrogen) atoms. The molecule has 0 fully saturated rings. The average molecular weight is 333 g/mol. The Balaban J connectivity index is 1.93. The molecule has 122 valence electrons. The van der Waals surface area contributed by atoms with Crippen molar-refractivity contribution >= 4 is 23.5 Å². The lowest BCUT2D eigenvalue weighted by Crippen LogP contribution is -2.41. The van der Waals surface area contributed by atoms with E-state index in [4.69, 9.17) is 11.6 Å². The Kier molecular flexibility index (Phi) is 5.55. The van der Waals surface area contributed by atoms with Crippen LogP contribution < -0.4 is 10.6 Å². The van der Waals surface area contributed by atoms with Gasteiger partial charge in [0.15, 0.2) is 0 Å². The first-order valence-electron chi connectivity index (χ1n) is 7.47. The van der Waals surface area contributed by atoms with Gasteiger partial charge in [0.25, 0.3) is 5.91 Å². The smallest absolute Gasteiger partial charge is 0.270 e. The van der Waals surface area contributed by atoms with Crippen molar-refractivity contribution in [2.45, 2.75) is 32.7 Å². The molecule has 0 unspecified atom stereocenters. The molecule has 1 amide bonds. The van der Waals surface area contributed by atoms with E-state index in [1.807, 2.05) is 45.0 Å². The van der Waals surface area contributed by atoms with Crippen LogP contribution in [0.3, 0.4) is 0 Å². The summed E-state index contributed by atoms with van der Waals surface area (Å²) in [4.78, 5) is 20.5. The summed E-state index contributed by atoms with van der Waals surface area (Å²) in [5, 5.41) is 6.73. The summed E-state index contributed by atoms with van der Waals surface area (Å²) in [7, 11) is 0. The molecule has 1 aromatic carbocycles. The Morgan fingerprint density at radius 1 is 1.26 bits per heavy atom. The van der Waals surface area contributed by atoms with Crippen LogP contribution >= 0.6 is 11.6 Å². The second-order valence-electron chi connectivity index (χ2n) is 6.28. The van der Waals surface area contributed by atoms with Crippen LogP contribution in [0.25, 0.3) is 0 Å². The van der Waals surface area contributed by atoms with Crippen molar-refractivity contribution in [1.29, 1.82) is 0 Å². The summed E-state index contributed by atoms with van der Waals surface area (Å²) >= 11 is 5.96. The molecule has 0 saturated carbocycles. The van der Waals surface area contributed by atoms with Crippen molar-refractivity contribution in [3.8, 4) is 0 Å². The van der Waals surface area contributed by atoms with Gasteiger partial charge in [0, 0.05) is 23.3 Å². The maximum Gasteiger partial charge on any atom is 0.270 e. The molecular weight excluding hydrogens is 312 g/mol. The largest absolute Gasteiger partial charge is 0.354 e. The zero-order chi connectivity index (χ0) is 16.9. The van der Waals surface area contributed by atoms with Crippen LogP contribution in [0.4, 0.5) is 5.95 Å². The van der Waals surface area contributed by atoms with Crippen molar-refractivity contribution in [1.82, 2.24) is 15.3 Å². The molecule has 0 aliphatic heterocycles. The first-order chi connectivity index (χ1) is 10.8. The van der Waals surface area contributed by atoms with Gasteiger partial charge < -0.3 is 10.6 Å². The van der Waals surface area contributed by atoms with Gasteiger partial charge in [-0.15, -0.1) is 0 Å². The van der Waals surface area contributed by atoms with Crippen molar-refractivity contribution < 1.29 is 4.79 Å². The maximum atomic E-state index is 12.1. The zero-order valence-electron chi connectivity index (χ0n) is 13.6. The Hall–Kier alpha value is -2.14. The van der Waals surface area contributed by atoms with Gasteiger partial charge >= 0.3 is 0 Å². The van der Waals surface area contributed by atoms with E-state index in [1.165, 1.54) is 0 Å². The number of nitrogens with zero attached hydrogens (tertiary/aromatic N) is 2. The average Bonchev–Trinajstić information content (AvgIpc) is 2.46. The number of nitrogens with one attached hydrogen (secondary N) is 2. The molecule has 0 aliphatic carbocycles. The molecule has 2 N–H and O–H groups in total. The van der Waals surface area contributed by atoms with Crippen LogP contribution in [0.5, 0.6) is 0 Å². The van der Waals surface area contributed by atoms with E-state index in [0.29, 0.717) is 18.2 Å². The number of hydrogen-bond donors (Lipinski definition) is 2. The van der Waals surface area contributed by atoms with Crippen molar-refractivity contribution in [2.75, 3.05) is 11.9 Å². The first kappa shape index (κ1) is 17.2. The van der Waals surface area contributed by atoms with Gasteiger partial charge in [0.05, 0.1) is 0 Å². The number of amides is 1. The van der Waals surface area contributed by atoms with Gasteiger partial charge in [-0.1, -0.05) is 23.7 Å². The Labute approximate surface area is 141 Å². The molecule has 0 atom stereocenters. The van der Waals surface area contributed by atoms with Gasteiger partial charge in [-0.3, -0.25) is 4.79 Å². The standard InChI is InChI=1S/C17H21ClN4O/c1-17(2,3)22-15(23)14-8-10-20-16(21-14)19-9-7-12-5-4-6-13(18)11-12/h4-6,8,10-11H,7,9H2,1-3H3,(H,22,23)(H,19,20,21). The third-order valence-corrected chi connectivity index (χ3v) is 3.20. The Bertz CT molecular complexity index is 682. The van der Waals surface area contributed by atoms with E-state index in [-0.39, 0.29) is 11.4 Å². The van der Waals surface area contributed by atoms with Crippen molar-refractivity contribution in [3.05, 3.63) is 52.8 Å². The molecule has 0 bridgehead atoms. The van der Waals surface area contributed by atoms with Crippen molar-refractivity contribution in [3.63, 3.8) is 0 Å². The second-order valence-corrected chi connectivity index (χ2v) is 6.71. The molecule has 0 radical (unpaired) electrons. The summed E-state index contributed by atoms with van der Waals surface area (Å²) < 4.78 is 0. The summed E-state index contributed by atoms with van der Waals surface area (Å²) in [6.07, 6.45) is 2.37. The van der Waals surface area contributed by atoms with E-state index in [1.54, 1.807) is 12.3 Å². The lowest BCUT2D eigenvalue weighted by molar-refractivity contribution is 0.0914. The van der Waals surface area contributed by atoms with Crippen molar-refractivity contribution in [2.24, 2.45) is 0 Å². The number of benzene rings is 1. The monoisotopic (exact) mass is 332 g/mol. The summed E-state index contributed by atoms with van der Waals surface area (Å²) in [5.74, 6) is 0.228. The van der Waals surface area contributed by atoms with Crippen LogP contribution in [-0.4, -0.2) is 28.0 Å². The third kappa shape index (κ3) is 5.87. The molecule has 1 aromatic heterocycles. The lowest BCUT2D eigenvalue weighted by atomic mass is 10.1. The summed E-state index contributed by atoms with van der Waals surface area (Å²) in [6, 6.07) is 9.31. The highest BCUT2D eigenvalue weighted by atomic mass is 35.5. The molecule has 2 aromatic rings. The molecule has 6 heteroatoms. The number of anilines is 1. The fourth-order valence-electron chi connectivity index (χ4n) is 1.99. The molecule has 0 spiro atoms. The lowest BCUT2D eigenvalue weighted by Gasteiger charge is -2.20. The van der Waals surface area contributed by atoms with E-state index in [0.717, 1.165) is 17.0 Å². The minimum absolute atomic E-state index is 0.210. The number of carbonyl (C=O) groups is 1. The van der Waals surface area contributed by atoms with Gasteiger partial charge in [0.1, 0.15) is 5.69 Å². The van der Waals surface area contributed by atoms with E-state index < -0.39 is 0 Å². The van der Waals surface area contributed by atoms with Gasteiger partial charge in [-0.25, -0.2) is 9.97 Å². The van der Waals surface area contributed by atoms with E-state index >= 15 is 0 Å². The fourth-order valence-corrected chi connectivity index (χ4v) is 2.20. The fraction of sp³-hybridized carbons (Fsp3) is 0.353. The molecule has 0 saturated heterocycles. The SMILES string of the molecule is CC(C)(C)NC(=O)c1ccnc(NCCc2cccc(Cl)c2)n1. The molecule has 0 aliphatic rings. The molecular formula is C17H21ClN4O. The van der Waals surface area contributed by atoms with E-state index in [2.05, 4.69) is 20.6 Å². The third-order valence-electron chi connectivity index (χ3n) is 2.96. The van der Waals surface area contributed by atoms with Crippen LogP contribution in [0.1, 0.15) is 36.8 Å². The first-order valence-corrected chi connectivity index (χ1v) is 7.85. The predicted molar refractivity (Wildman–Crippen MR) is 92.9 cm³/mol. The topological polar surface area (TPSA) is 66.9 Å². The highest BCUT2D eigenvalue weighted by Crippen LogP contribution is 2.11. The number of halogens is 1. The molecule has 5 nitrogen and oxygen atoms in total. The maximum absolute atomic E-state index is 12.1. The van der Waals surface area contributed by atoms with Gasteiger partial charge in [-0.05, 0) is 51.0 Å².